The van der Waals surface area contributed by atoms with E-state index in [0.717, 1.165) is 0 Å². The molecule has 16 heavy (non-hydrogen) atoms. The van der Waals surface area contributed by atoms with Crippen molar-refractivity contribution in [3.8, 4) is 0 Å². The van der Waals surface area contributed by atoms with E-state index in [1.54, 1.807) is 0 Å². The number of sulfone groups is 1. The van der Waals surface area contributed by atoms with Gasteiger partial charge in [0.2, 0.25) is 0 Å². The molecule has 1 fully saturated rings. The number of rotatable bonds is 5. The molecule has 3 nitrogen and oxygen atoms in total. The van der Waals surface area contributed by atoms with E-state index in [-0.39, 0.29) is 41.5 Å². The summed E-state index contributed by atoms with van der Waals surface area (Å²) in [7, 11) is -2.89. The molecule has 1 saturated heterocycles. The van der Waals surface area contributed by atoms with E-state index in [9.17, 15) is 21.6 Å². The Morgan fingerprint density at radius 2 is 2.06 bits per heavy atom. The van der Waals surface area contributed by atoms with Gasteiger partial charge in [0.25, 0.3) is 0 Å². The summed E-state index contributed by atoms with van der Waals surface area (Å²) in [5.41, 5.74) is -4.18. The molecule has 0 bridgehead atoms. The van der Waals surface area contributed by atoms with Crippen LogP contribution in [-0.4, -0.2) is 44.3 Å². The van der Waals surface area contributed by atoms with Crippen molar-refractivity contribution in [1.82, 2.24) is 5.32 Å². The van der Waals surface area contributed by atoms with Crippen LogP contribution in [0.5, 0.6) is 0 Å². The van der Waals surface area contributed by atoms with Crippen molar-refractivity contribution in [2.24, 2.45) is 5.92 Å². The van der Waals surface area contributed by atoms with E-state index in [1.165, 1.54) is 0 Å². The second-order valence-electron chi connectivity index (χ2n) is 3.77. The van der Waals surface area contributed by atoms with Crippen molar-refractivity contribution in [2.45, 2.75) is 11.9 Å². The Labute approximate surface area is 97.1 Å². The first-order chi connectivity index (χ1) is 7.29. The summed E-state index contributed by atoms with van der Waals surface area (Å²) in [6.45, 7) is 0.734. The Morgan fingerprint density at radius 3 is 2.56 bits per heavy atom. The number of nitrogens with one attached hydrogen (secondary N) is 1. The SMILES string of the molecule is O=S1(=O)CCC(CNCCSC(F)(F)F)C1. The van der Waals surface area contributed by atoms with Gasteiger partial charge >= 0.3 is 5.51 Å². The predicted molar refractivity (Wildman–Crippen MR) is 58.1 cm³/mol. The van der Waals surface area contributed by atoms with E-state index < -0.39 is 15.3 Å². The van der Waals surface area contributed by atoms with Crippen LogP contribution in [0.15, 0.2) is 0 Å². The maximum Gasteiger partial charge on any atom is 0.441 e. The first-order valence-electron chi connectivity index (χ1n) is 4.90. The van der Waals surface area contributed by atoms with Gasteiger partial charge in [0.05, 0.1) is 11.5 Å². The first kappa shape index (κ1) is 14.1. The Kier molecular flexibility index (Phi) is 4.93. The number of hydrogen-bond donors (Lipinski definition) is 1. The standard InChI is InChI=1S/C8H14F3NO2S2/c9-8(10,11)15-3-2-12-5-7-1-4-16(13,14)6-7/h7,12H,1-6H2. The Bertz CT molecular complexity index is 316. The molecule has 1 aliphatic rings. The summed E-state index contributed by atoms with van der Waals surface area (Å²) < 4.78 is 57.4. The Hall–Kier alpha value is 0.0500. The van der Waals surface area contributed by atoms with Gasteiger partial charge in [-0.15, -0.1) is 0 Å². The molecule has 8 heteroatoms. The Morgan fingerprint density at radius 1 is 1.38 bits per heavy atom. The summed E-state index contributed by atoms with van der Waals surface area (Å²) >= 11 is -0.0649. The zero-order valence-corrected chi connectivity index (χ0v) is 10.2. The third kappa shape index (κ3) is 5.95. The van der Waals surface area contributed by atoms with E-state index in [2.05, 4.69) is 5.32 Å². The number of alkyl halides is 3. The van der Waals surface area contributed by atoms with Gasteiger partial charge in [0.1, 0.15) is 0 Å². The minimum Gasteiger partial charge on any atom is -0.316 e. The average molecular weight is 277 g/mol. The van der Waals surface area contributed by atoms with Gasteiger partial charge in [-0.05, 0) is 30.6 Å². The molecule has 0 aromatic rings. The molecule has 0 saturated carbocycles. The van der Waals surface area contributed by atoms with Crippen LogP contribution < -0.4 is 5.32 Å². The molecule has 1 rings (SSSR count). The van der Waals surface area contributed by atoms with E-state index >= 15 is 0 Å². The van der Waals surface area contributed by atoms with Gasteiger partial charge in [0, 0.05) is 12.3 Å². The molecule has 1 aliphatic heterocycles. The van der Waals surface area contributed by atoms with Gasteiger partial charge in [-0.25, -0.2) is 8.42 Å². The van der Waals surface area contributed by atoms with Crippen LogP contribution in [0.1, 0.15) is 6.42 Å². The lowest BCUT2D eigenvalue weighted by atomic mass is 10.1. The van der Waals surface area contributed by atoms with E-state index in [4.69, 9.17) is 0 Å². The fourth-order valence-electron chi connectivity index (χ4n) is 1.58. The Balaban J connectivity index is 2.05. The van der Waals surface area contributed by atoms with Crippen LogP contribution in [-0.2, 0) is 9.84 Å². The minimum absolute atomic E-state index is 0.0387. The number of halogens is 3. The lowest BCUT2D eigenvalue weighted by Crippen LogP contribution is -2.26. The van der Waals surface area contributed by atoms with Crippen LogP contribution in [0, 0.1) is 5.92 Å². The van der Waals surface area contributed by atoms with Crippen LogP contribution in [0.3, 0.4) is 0 Å². The second kappa shape index (κ2) is 5.59. The summed E-state index contributed by atoms with van der Waals surface area (Å²) in [5, 5.41) is 2.85. The third-order valence-electron chi connectivity index (χ3n) is 2.30. The lowest BCUT2D eigenvalue weighted by Gasteiger charge is -2.09. The highest BCUT2D eigenvalue weighted by Crippen LogP contribution is 2.29. The smallest absolute Gasteiger partial charge is 0.316 e. The molecule has 1 heterocycles. The zero-order valence-electron chi connectivity index (χ0n) is 8.59. The molecule has 0 aromatic carbocycles. The molecule has 0 amide bonds. The largest absolute Gasteiger partial charge is 0.441 e. The molecule has 0 aromatic heterocycles. The highest BCUT2D eigenvalue weighted by atomic mass is 32.2. The fourth-order valence-corrected chi connectivity index (χ4v) is 3.92. The highest BCUT2D eigenvalue weighted by Gasteiger charge is 2.28. The molecular formula is C8H14F3NO2S2. The molecular weight excluding hydrogens is 263 g/mol. The predicted octanol–water partition coefficient (Wildman–Crippen LogP) is 1.26. The van der Waals surface area contributed by atoms with Gasteiger partial charge in [-0.1, -0.05) is 0 Å². The second-order valence-corrected chi connectivity index (χ2v) is 7.16. The van der Waals surface area contributed by atoms with Crippen molar-refractivity contribution in [3.05, 3.63) is 0 Å². The minimum atomic E-state index is -4.18. The lowest BCUT2D eigenvalue weighted by molar-refractivity contribution is -0.0327. The monoisotopic (exact) mass is 277 g/mol. The molecule has 0 aliphatic carbocycles. The molecule has 0 spiro atoms. The van der Waals surface area contributed by atoms with Crippen molar-refractivity contribution < 1.29 is 21.6 Å². The maximum absolute atomic E-state index is 11.7. The molecule has 1 N–H and O–H groups in total. The van der Waals surface area contributed by atoms with Crippen LogP contribution in [0.2, 0.25) is 0 Å². The molecule has 1 atom stereocenters. The maximum atomic E-state index is 11.7. The third-order valence-corrected chi connectivity index (χ3v) is 4.88. The van der Waals surface area contributed by atoms with Gasteiger partial charge in [-0.3, -0.25) is 0 Å². The summed E-state index contributed by atoms with van der Waals surface area (Å²) in [6.07, 6.45) is 0.613. The van der Waals surface area contributed by atoms with Crippen LogP contribution in [0.4, 0.5) is 13.2 Å². The fraction of sp³-hybridized carbons (Fsp3) is 1.00. The quantitative estimate of drug-likeness (QED) is 0.769. The topological polar surface area (TPSA) is 46.2 Å². The van der Waals surface area contributed by atoms with Gasteiger partial charge in [-0.2, -0.15) is 13.2 Å². The van der Waals surface area contributed by atoms with Crippen molar-refractivity contribution in [1.29, 1.82) is 0 Å². The molecule has 0 radical (unpaired) electrons. The summed E-state index contributed by atoms with van der Waals surface area (Å²) in [5.74, 6) is 0.382. The van der Waals surface area contributed by atoms with Crippen molar-refractivity contribution in [3.63, 3.8) is 0 Å². The van der Waals surface area contributed by atoms with Crippen LogP contribution in [0.25, 0.3) is 0 Å². The van der Waals surface area contributed by atoms with E-state index in [1.807, 2.05) is 0 Å². The van der Waals surface area contributed by atoms with Gasteiger partial charge < -0.3 is 5.32 Å². The van der Waals surface area contributed by atoms with Crippen LogP contribution >= 0.6 is 11.8 Å². The first-order valence-corrected chi connectivity index (χ1v) is 7.71. The van der Waals surface area contributed by atoms with Crippen molar-refractivity contribution >= 4 is 21.6 Å². The zero-order chi connectivity index (χ0) is 12.2. The summed E-state index contributed by atoms with van der Waals surface area (Å²) in [4.78, 5) is 0. The molecule has 96 valence electrons. The number of thioether (sulfide) groups is 1. The normalized spacial score (nSPS) is 24.8. The van der Waals surface area contributed by atoms with E-state index in [0.29, 0.717) is 13.0 Å². The highest BCUT2D eigenvalue weighted by molar-refractivity contribution is 8.00. The number of hydrogen-bond acceptors (Lipinski definition) is 4. The average Bonchev–Trinajstić information content (AvgIpc) is 2.43. The summed E-state index contributed by atoms with van der Waals surface area (Å²) in [6, 6.07) is 0. The van der Waals surface area contributed by atoms with Gasteiger partial charge in [0.15, 0.2) is 9.84 Å². The van der Waals surface area contributed by atoms with Crippen molar-refractivity contribution in [2.75, 3.05) is 30.3 Å². The molecule has 1 unspecified atom stereocenters.